The second-order valence-electron chi connectivity index (χ2n) is 8.65. The lowest BCUT2D eigenvalue weighted by molar-refractivity contribution is -0.147. The van der Waals surface area contributed by atoms with Crippen LogP contribution in [-0.2, 0) is 22.7 Å². The summed E-state index contributed by atoms with van der Waals surface area (Å²) in [5, 5.41) is 14.0. The number of hydrogen-bond donors (Lipinski definition) is 2. The van der Waals surface area contributed by atoms with E-state index in [4.69, 9.17) is 11.2 Å². The molecule has 0 saturated carbocycles. The zero-order valence-electron chi connectivity index (χ0n) is 20.0. The fourth-order valence-electron chi connectivity index (χ4n) is 4.35. The van der Waals surface area contributed by atoms with Crippen LogP contribution in [0.15, 0.2) is 84.1 Å². The first-order valence-electron chi connectivity index (χ1n) is 11.7. The second-order valence-corrected chi connectivity index (χ2v) is 8.65. The third kappa shape index (κ3) is 7.08. The molecule has 0 aromatic heterocycles. The first-order valence-corrected chi connectivity index (χ1v) is 11.7. The first kappa shape index (κ1) is 25.3. The standard InChI is InChI=1S/C29H34N2O3/c1-4-12-26-25(19-30-27(26)5-2)17-24(18-28(32)34-21-23-15-10-7-11-16-23)29(33)31(3)20-22-13-8-6-9-14-22/h2,4,6-16,24-25,28,30,32H,17-21H2,1,3H3/b12-4-. The van der Waals surface area contributed by atoms with E-state index in [0.29, 0.717) is 26.1 Å². The number of benzene rings is 2. The lowest BCUT2D eigenvalue weighted by atomic mass is 9.86. The summed E-state index contributed by atoms with van der Waals surface area (Å²) < 4.78 is 5.70. The minimum atomic E-state index is -1.05. The van der Waals surface area contributed by atoms with Crippen molar-refractivity contribution in [2.75, 3.05) is 13.6 Å². The number of ether oxygens (including phenoxy) is 1. The topological polar surface area (TPSA) is 61.8 Å². The van der Waals surface area contributed by atoms with E-state index in [-0.39, 0.29) is 18.2 Å². The van der Waals surface area contributed by atoms with Crippen molar-refractivity contribution in [2.24, 2.45) is 11.8 Å². The zero-order valence-corrected chi connectivity index (χ0v) is 20.0. The molecule has 5 heteroatoms. The number of aliphatic hydroxyl groups is 1. The van der Waals surface area contributed by atoms with E-state index in [1.165, 1.54) is 0 Å². The molecule has 0 radical (unpaired) electrons. The molecule has 1 heterocycles. The monoisotopic (exact) mass is 458 g/mol. The molecular formula is C29H34N2O3. The largest absolute Gasteiger partial charge is 0.377 e. The van der Waals surface area contributed by atoms with Crippen LogP contribution in [0.2, 0.25) is 0 Å². The molecule has 3 atom stereocenters. The molecule has 3 unspecified atom stereocenters. The van der Waals surface area contributed by atoms with Crippen molar-refractivity contribution < 1.29 is 14.6 Å². The van der Waals surface area contributed by atoms with Gasteiger partial charge in [-0.25, -0.2) is 0 Å². The quantitative estimate of drug-likeness (QED) is 0.390. The smallest absolute Gasteiger partial charge is 0.225 e. The molecule has 0 spiro atoms. The molecule has 1 aliphatic heterocycles. The van der Waals surface area contributed by atoms with E-state index in [1.54, 1.807) is 4.90 Å². The van der Waals surface area contributed by atoms with Crippen molar-refractivity contribution >= 4 is 5.91 Å². The van der Waals surface area contributed by atoms with Crippen LogP contribution in [-0.4, -0.2) is 35.8 Å². The number of terminal acetylenes is 1. The Morgan fingerprint density at radius 2 is 1.85 bits per heavy atom. The molecule has 2 aromatic rings. The third-order valence-electron chi connectivity index (χ3n) is 6.07. The van der Waals surface area contributed by atoms with Crippen LogP contribution in [0, 0.1) is 24.2 Å². The number of nitrogens with zero attached hydrogens (tertiary/aromatic N) is 1. The number of allylic oxidation sites excluding steroid dienone is 3. The predicted molar refractivity (Wildman–Crippen MR) is 135 cm³/mol. The molecule has 178 valence electrons. The Labute approximate surface area is 203 Å². The zero-order chi connectivity index (χ0) is 24.3. The molecular weight excluding hydrogens is 424 g/mol. The van der Waals surface area contributed by atoms with E-state index in [2.05, 4.69) is 11.2 Å². The molecule has 1 aliphatic rings. The number of aliphatic hydroxyl groups excluding tert-OH is 1. The van der Waals surface area contributed by atoms with Gasteiger partial charge in [-0.15, -0.1) is 6.42 Å². The highest BCUT2D eigenvalue weighted by Gasteiger charge is 2.32. The first-order chi connectivity index (χ1) is 16.5. The van der Waals surface area contributed by atoms with Crippen molar-refractivity contribution in [1.82, 2.24) is 10.2 Å². The summed E-state index contributed by atoms with van der Waals surface area (Å²) in [6.45, 7) is 3.42. The maximum absolute atomic E-state index is 13.5. The highest BCUT2D eigenvalue weighted by Crippen LogP contribution is 2.31. The number of nitrogens with one attached hydrogen (secondary N) is 1. The van der Waals surface area contributed by atoms with Crippen LogP contribution < -0.4 is 5.32 Å². The summed E-state index contributed by atoms with van der Waals surface area (Å²) in [4.78, 5) is 15.3. The number of carbonyl (C=O) groups excluding carboxylic acids is 1. The normalized spacial score (nSPS) is 17.3. The van der Waals surface area contributed by atoms with Gasteiger partial charge in [0.1, 0.15) is 0 Å². The summed E-state index contributed by atoms with van der Waals surface area (Å²) >= 11 is 0. The Balaban J connectivity index is 1.72. The minimum absolute atomic E-state index is 0.0137. The SMILES string of the molecule is C#CC1=C(/C=C\C)C(CC(CC(O)OCc2ccccc2)C(=O)N(C)Cc2ccccc2)CN1. The summed E-state index contributed by atoms with van der Waals surface area (Å²) in [6, 6.07) is 19.6. The summed E-state index contributed by atoms with van der Waals surface area (Å²) in [5.41, 5.74) is 3.84. The van der Waals surface area contributed by atoms with Gasteiger partial charge in [-0.05, 0) is 30.0 Å². The Morgan fingerprint density at radius 3 is 2.47 bits per heavy atom. The van der Waals surface area contributed by atoms with E-state index in [1.807, 2.05) is 86.8 Å². The lowest BCUT2D eigenvalue weighted by Crippen LogP contribution is -2.36. The summed E-state index contributed by atoms with van der Waals surface area (Å²) in [7, 11) is 1.81. The number of rotatable bonds is 11. The number of carbonyl (C=O) groups is 1. The van der Waals surface area contributed by atoms with E-state index >= 15 is 0 Å². The molecule has 2 aromatic carbocycles. The average molecular weight is 459 g/mol. The fraction of sp³-hybridized carbons (Fsp3) is 0.345. The predicted octanol–water partition coefficient (Wildman–Crippen LogP) is 4.26. The maximum atomic E-state index is 13.5. The van der Waals surface area contributed by atoms with Gasteiger partial charge in [0.15, 0.2) is 6.29 Å². The van der Waals surface area contributed by atoms with E-state index in [0.717, 1.165) is 22.4 Å². The second kappa shape index (κ2) is 12.8. The van der Waals surface area contributed by atoms with Crippen molar-refractivity contribution in [2.45, 2.75) is 39.2 Å². The molecule has 0 saturated heterocycles. The van der Waals surface area contributed by atoms with Crippen molar-refractivity contribution in [3.8, 4) is 12.3 Å². The molecule has 0 aliphatic carbocycles. The molecule has 0 bridgehead atoms. The Morgan fingerprint density at radius 1 is 1.21 bits per heavy atom. The van der Waals surface area contributed by atoms with Gasteiger partial charge < -0.3 is 20.1 Å². The Hall–Kier alpha value is -3.33. The minimum Gasteiger partial charge on any atom is -0.377 e. The van der Waals surface area contributed by atoms with Gasteiger partial charge in [-0.2, -0.15) is 0 Å². The van der Waals surface area contributed by atoms with Gasteiger partial charge in [-0.3, -0.25) is 4.79 Å². The van der Waals surface area contributed by atoms with Gasteiger partial charge in [-0.1, -0.05) is 78.7 Å². The fourth-order valence-corrected chi connectivity index (χ4v) is 4.35. The lowest BCUT2D eigenvalue weighted by Gasteiger charge is -2.27. The number of amides is 1. The van der Waals surface area contributed by atoms with Gasteiger partial charge in [0.2, 0.25) is 5.91 Å². The third-order valence-corrected chi connectivity index (χ3v) is 6.07. The molecule has 1 amide bonds. The molecule has 2 N–H and O–H groups in total. The van der Waals surface area contributed by atoms with Crippen LogP contribution in [0.5, 0.6) is 0 Å². The average Bonchev–Trinajstić information content (AvgIpc) is 3.24. The van der Waals surface area contributed by atoms with Gasteiger partial charge in [0.05, 0.1) is 12.3 Å². The summed E-state index contributed by atoms with van der Waals surface area (Å²) in [6.07, 6.45) is 9.39. The van der Waals surface area contributed by atoms with Gasteiger partial charge in [0, 0.05) is 38.4 Å². The van der Waals surface area contributed by atoms with Crippen LogP contribution >= 0.6 is 0 Å². The Bertz CT molecular complexity index is 1020. The van der Waals surface area contributed by atoms with E-state index in [9.17, 15) is 9.90 Å². The van der Waals surface area contributed by atoms with Crippen LogP contribution in [0.1, 0.15) is 30.9 Å². The van der Waals surface area contributed by atoms with Gasteiger partial charge >= 0.3 is 0 Å². The maximum Gasteiger partial charge on any atom is 0.225 e. The highest BCUT2D eigenvalue weighted by atomic mass is 16.6. The molecule has 5 nitrogen and oxygen atoms in total. The van der Waals surface area contributed by atoms with Crippen LogP contribution in [0.3, 0.4) is 0 Å². The van der Waals surface area contributed by atoms with Crippen molar-refractivity contribution in [3.05, 3.63) is 95.2 Å². The number of hydrogen-bond acceptors (Lipinski definition) is 4. The molecule has 34 heavy (non-hydrogen) atoms. The van der Waals surface area contributed by atoms with Crippen molar-refractivity contribution in [1.29, 1.82) is 0 Å². The van der Waals surface area contributed by atoms with Crippen molar-refractivity contribution in [3.63, 3.8) is 0 Å². The van der Waals surface area contributed by atoms with Crippen LogP contribution in [0.25, 0.3) is 0 Å². The van der Waals surface area contributed by atoms with Gasteiger partial charge in [0.25, 0.3) is 0 Å². The molecule has 0 fully saturated rings. The highest BCUT2D eigenvalue weighted by molar-refractivity contribution is 5.78. The van der Waals surface area contributed by atoms with E-state index < -0.39 is 12.2 Å². The van der Waals surface area contributed by atoms with Crippen LogP contribution in [0.4, 0.5) is 0 Å². The molecule has 3 rings (SSSR count). The summed E-state index contributed by atoms with van der Waals surface area (Å²) in [5.74, 6) is 2.37. The Kier molecular flexibility index (Phi) is 9.51.